The first-order valence-corrected chi connectivity index (χ1v) is 12.8. The summed E-state index contributed by atoms with van der Waals surface area (Å²) >= 11 is 0. The predicted octanol–water partition coefficient (Wildman–Crippen LogP) is 4.45. The van der Waals surface area contributed by atoms with Crippen molar-refractivity contribution in [3.8, 4) is 0 Å². The number of nitrogens with zero attached hydrogens (tertiary/aromatic N) is 1. The van der Waals surface area contributed by atoms with Gasteiger partial charge in [0, 0.05) is 24.4 Å². The van der Waals surface area contributed by atoms with Crippen LogP contribution in [0.15, 0.2) is 48.1 Å². The van der Waals surface area contributed by atoms with Crippen molar-refractivity contribution in [3.05, 3.63) is 59.2 Å². The van der Waals surface area contributed by atoms with Crippen LogP contribution in [0.25, 0.3) is 0 Å². The van der Waals surface area contributed by atoms with Gasteiger partial charge in [-0.2, -0.15) is 0 Å². The topological polar surface area (TPSA) is 70.0 Å². The number of ether oxygens (including phenoxy) is 1. The summed E-state index contributed by atoms with van der Waals surface area (Å²) in [5, 5.41) is 21.1. The van der Waals surface area contributed by atoms with Crippen molar-refractivity contribution in [1.82, 2.24) is 4.90 Å². The van der Waals surface area contributed by atoms with Gasteiger partial charge < -0.3 is 19.8 Å². The van der Waals surface area contributed by atoms with Gasteiger partial charge in [-0.25, -0.2) is 0 Å². The molecule has 0 aromatic heterocycles. The number of aliphatic hydroxyl groups excluding tert-OH is 2. The minimum atomic E-state index is -0.556. The third kappa shape index (κ3) is 7.03. The maximum atomic E-state index is 12.5. The fourth-order valence-electron chi connectivity index (χ4n) is 5.78. The number of allylic oxidation sites excluding steroid dienone is 1. The zero-order valence-corrected chi connectivity index (χ0v) is 21.5. The van der Waals surface area contributed by atoms with Crippen molar-refractivity contribution in [2.45, 2.75) is 84.6 Å². The van der Waals surface area contributed by atoms with Gasteiger partial charge in [0.1, 0.15) is 0 Å². The number of rotatable bonds is 11. The molecule has 0 unspecified atom stereocenters. The number of fused-ring (bicyclic) bond motifs is 1. The van der Waals surface area contributed by atoms with Gasteiger partial charge in [0.15, 0.2) is 0 Å². The molecule has 0 aliphatic heterocycles. The first kappa shape index (κ1) is 26.7. The maximum absolute atomic E-state index is 12.5. The van der Waals surface area contributed by atoms with Crippen molar-refractivity contribution in [2.75, 3.05) is 13.2 Å². The van der Waals surface area contributed by atoms with Crippen LogP contribution in [-0.2, 0) is 16.0 Å². The van der Waals surface area contributed by atoms with Gasteiger partial charge in [0.2, 0.25) is 5.91 Å². The Labute approximate surface area is 205 Å². The molecule has 1 aromatic rings. The second-order valence-corrected chi connectivity index (χ2v) is 10.7. The van der Waals surface area contributed by atoms with Crippen LogP contribution >= 0.6 is 0 Å². The Bertz CT molecular complexity index is 867. The number of aliphatic hydroxyl groups is 2. The Kier molecular flexibility index (Phi) is 9.52. The molecule has 0 spiro atoms. The molecule has 5 atom stereocenters. The van der Waals surface area contributed by atoms with Crippen LogP contribution in [0.5, 0.6) is 0 Å². The molecule has 0 radical (unpaired) electrons. The molecule has 5 heteroatoms. The second kappa shape index (κ2) is 12.1. The van der Waals surface area contributed by atoms with Crippen LogP contribution in [0, 0.1) is 24.7 Å². The van der Waals surface area contributed by atoms with E-state index in [2.05, 4.69) is 25.1 Å². The van der Waals surface area contributed by atoms with Gasteiger partial charge >= 0.3 is 0 Å². The van der Waals surface area contributed by atoms with Crippen LogP contribution in [-0.4, -0.2) is 58.5 Å². The van der Waals surface area contributed by atoms with Gasteiger partial charge in [0.25, 0.3) is 0 Å². The van der Waals surface area contributed by atoms with E-state index in [4.69, 9.17) is 4.74 Å². The maximum Gasteiger partial charge on any atom is 0.225 e. The molecular weight excluding hydrogens is 426 g/mol. The summed E-state index contributed by atoms with van der Waals surface area (Å²) in [6, 6.07) is 8.59. The summed E-state index contributed by atoms with van der Waals surface area (Å²) in [5.74, 6) is 0.907. The SMILES string of the molecule is Cc1cccc(C[C@H](O)/C=C/[C@@H]2[C@H]3CC(COCCC(=O)N(C(C)C)C(C)C)=C[C@H]3C[C@H]2O)c1. The lowest BCUT2D eigenvalue weighted by atomic mass is 9.89. The molecular formula is C29H43NO4. The largest absolute Gasteiger partial charge is 0.392 e. The van der Waals surface area contributed by atoms with Crippen molar-refractivity contribution >= 4 is 5.91 Å². The summed E-state index contributed by atoms with van der Waals surface area (Å²) < 4.78 is 5.86. The molecule has 1 saturated carbocycles. The van der Waals surface area contributed by atoms with Gasteiger partial charge in [0.05, 0.1) is 31.8 Å². The van der Waals surface area contributed by atoms with E-state index >= 15 is 0 Å². The molecule has 1 aromatic carbocycles. The van der Waals surface area contributed by atoms with E-state index in [1.54, 1.807) is 0 Å². The van der Waals surface area contributed by atoms with Crippen molar-refractivity contribution < 1.29 is 19.7 Å². The number of aryl methyl sites for hydroxylation is 1. The highest BCUT2D eigenvalue weighted by Gasteiger charge is 2.43. The van der Waals surface area contributed by atoms with E-state index in [-0.39, 0.29) is 30.0 Å². The Balaban J connectivity index is 1.45. The van der Waals surface area contributed by atoms with Crippen molar-refractivity contribution in [1.29, 1.82) is 0 Å². The lowest BCUT2D eigenvalue weighted by Gasteiger charge is -2.30. The van der Waals surface area contributed by atoms with Crippen LogP contribution in [0.1, 0.15) is 58.1 Å². The highest BCUT2D eigenvalue weighted by molar-refractivity contribution is 5.76. The molecule has 1 amide bonds. The third-order valence-corrected chi connectivity index (χ3v) is 7.18. The number of hydrogen-bond donors (Lipinski definition) is 2. The van der Waals surface area contributed by atoms with E-state index in [1.165, 1.54) is 11.1 Å². The van der Waals surface area contributed by atoms with Crippen molar-refractivity contribution in [3.63, 3.8) is 0 Å². The van der Waals surface area contributed by atoms with Gasteiger partial charge in [-0.3, -0.25) is 4.79 Å². The van der Waals surface area contributed by atoms with Crippen LogP contribution < -0.4 is 0 Å². The molecule has 0 heterocycles. The van der Waals surface area contributed by atoms with Crippen LogP contribution in [0.4, 0.5) is 0 Å². The summed E-state index contributed by atoms with van der Waals surface area (Å²) in [5.41, 5.74) is 3.57. The second-order valence-electron chi connectivity index (χ2n) is 10.7. The first-order valence-electron chi connectivity index (χ1n) is 12.8. The number of carbonyl (C=O) groups is 1. The Morgan fingerprint density at radius 2 is 1.97 bits per heavy atom. The Morgan fingerprint density at radius 1 is 1.24 bits per heavy atom. The van der Waals surface area contributed by atoms with Crippen molar-refractivity contribution in [2.24, 2.45) is 17.8 Å². The number of benzene rings is 1. The zero-order valence-electron chi connectivity index (χ0n) is 21.5. The van der Waals surface area contributed by atoms with E-state index in [0.717, 1.165) is 18.4 Å². The molecule has 2 N–H and O–H groups in total. The summed E-state index contributed by atoms with van der Waals surface area (Å²) in [6.45, 7) is 11.2. The lowest BCUT2D eigenvalue weighted by molar-refractivity contribution is -0.135. The van der Waals surface area contributed by atoms with E-state index in [0.29, 0.717) is 37.9 Å². The van der Waals surface area contributed by atoms with E-state index in [1.807, 2.05) is 56.9 Å². The van der Waals surface area contributed by atoms with E-state index in [9.17, 15) is 15.0 Å². The highest BCUT2D eigenvalue weighted by Crippen LogP contribution is 2.47. The molecule has 0 bridgehead atoms. The normalized spacial score (nSPS) is 25.3. The highest BCUT2D eigenvalue weighted by atomic mass is 16.5. The predicted molar refractivity (Wildman–Crippen MR) is 136 cm³/mol. The molecule has 0 saturated heterocycles. The quantitative estimate of drug-likeness (QED) is 0.371. The summed E-state index contributed by atoms with van der Waals surface area (Å²) in [4.78, 5) is 14.4. The first-order chi connectivity index (χ1) is 16.2. The smallest absolute Gasteiger partial charge is 0.225 e. The number of hydrogen-bond acceptors (Lipinski definition) is 4. The van der Waals surface area contributed by atoms with Crippen LogP contribution in [0.2, 0.25) is 0 Å². The fraction of sp³-hybridized carbons (Fsp3) is 0.621. The van der Waals surface area contributed by atoms with E-state index < -0.39 is 6.10 Å². The average molecular weight is 470 g/mol. The van der Waals surface area contributed by atoms with Crippen LogP contribution in [0.3, 0.4) is 0 Å². The van der Waals surface area contributed by atoms with Gasteiger partial charge in [-0.05, 0) is 70.4 Å². The molecule has 2 aliphatic rings. The lowest BCUT2D eigenvalue weighted by Crippen LogP contribution is -2.42. The minimum Gasteiger partial charge on any atom is -0.392 e. The Hall–Kier alpha value is -1.95. The number of carbonyl (C=O) groups excluding carboxylic acids is 1. The van der Waals surface area contributed by atoms with Gasteiger partial charge in [-0.15, -0.1) is 0 Å². The number of amides is 1. The summed E-state index contributed by atoms with van der Waals surface area (Å²) in [7, 11) is 0. The monoisotopic (exact) mass is 469 g/mol. The molecule has 3 rings (SSSR count). The average Bonchev–Trinajstić information content (AvgIpc) is 3.25. The molecule has 188 valence electrons. The fourth-order valence-corrected chi connectivity index (χ4v) is 5.78. The standard InChI is InChI=1S/C29H43NO4/c1-19(2)30(20(3)4)29(33)11-12-34-18-23-14-24-17-28(32)26(27(24)16-23)10-9-25(31)15-22-8-6-7-21(5)13-22/h6-10,13-14,19-20,24-28,31-32H,11-12,15-18H2,1-5H3/b10-9+/t24-,25+,26+,27-,28+/m0/s1. The molecule has 34 heavy (non-hydrogen) atoms. The minimum absolute atomic E-state index is 0.0538. The Morgan fingerprint density at radius 3 is 2.65 bits per heavy atom. The summed E-state index contributed by atoms with van der Waals surface area (Å²) in [6.07, 6.45) is 7.87. The molecule has 2 aliphatic carbocycles. The third-order valence-electron chi connectivity index (χ3n) is 7.18. The zero-order chi connectivity index (χ0) is 24.8. The molecule has 5 nitrogen and oxygen atoms in total. The molecule has 1 fully saturated rings. The van der Waals surface area contributed by atoms with Gasteiger partial charge in [-0.1, -0.05) is 48.1 Å².